The van der Waals surface area contributed by atoms with Crippen molar-refractivity contribution in [2.24, 2.45) is 0 Å². The summed E-state index contributed by atoms with van der Waals surface area (Å²) in [5, 5.41) is 3.90. The predicted octanol–water partition coefficient (Wildman–Crippen LogP) is 3.59. The van der Waals surface area contributed by atoms with E-state index < -0.39 is 11.6 Å². The Bertz CT molecular complexity index is 517. The van der Waals surface area contributed by atoms with Crippen LogP contribution in [-0.2, 0) is 6.54 Å². The Morgan fingerprint density at radius 2 is 1.89 bits per heavy atom. The van der Waals surface area contributed by atoms with E-state index in [1.807, 2.05) is 0 Å². The summed E-state index contributed by atoms with van der Waals surface area (Å²) in [6, 6.07) is 3.84. The zero-order chi connectivity index (χ0) is 13.1. The van der Waals surface area contributed by atoms with Crippen LogP contribution in [0.2, 0.25) is 0 Å². The van der Waals surface area contributed by atoms with Gasteiger partial charge in [-0.15, -0.1) is 11.3 Å². The molecule has 2 rings (SSSR count). The molecule has 0 bridgehead atoms. The number of thiazole rings is 1. The maximum atomic E-state index is 13.1. The average molecular weight is 268 g/mol. The average Bonchev–Trinajstić information content (AvgIpc) is 2.73. The second-order valence-electron chi connectivity index (χ2n) is 4.33. The molecule has 1 aromatic heterocycles. The first-order valence-corrected chi connectivity index (χ1v) is 6.51. The highest BCUT2D eigenvalue weighted by Gasteiger charge is 2.08. The second kappa shape index (κ2) is 5.54. The van der Waals surface area contributed by atoms with E-state index in [2.05, 4.69) is 24.1 Å². The van der Waals surface area contributed by atoms with Crippen LogP contribution in [0.3, 0.4) is 0 Å². The number of nitrogens with one attached hydrogen (secondary N) is 1. The number of hydrogen-bond donors (Lipinski definition) is 1. The minimum atomic E-state index is -0.581. The molecule has 0 saturated carbocycles. The van der Waals surface area contributed by atoms with Gasteiger partial charge in [0.2, 0.25) is 0 Å². The second-order valence-corrected chi connectivity index (χ2v) is 5.44. The molecule has 2 aromatic rings. The van der Waals surface area contributed by atoms with Gasteiger partial charge in [0.25, 0.3) is 0 Å². The van der Waals surface area contributed by atoms with E-state index in [1.54, 1.807) is 6.20 Å². The first kappa shape index (κ1) is 13.1. The zero-order valence-electron chi connectivity index (χ0n) is 10.2. The molecule has 5 heteroatoms. The summed E-state index contributed by atoms with van der Waals surface area (Å²) in [5.74, 6) is -1.16. The summed E-state index contributed by atoms with van der Waals surface area (Å²) in [6.07, 6.45) is 1.73. The molecule has 2 nitrogen and oxygen atoms in total. The number of rotatable bonds is 4. The van der Waals surface area contributed by atoms with Gasteiger partial charge in [-0.25, -0.2) is 13.8 Å². The molecule has 0 fully saturated rings. The molecule has 0 aliphatic carbocycles. The standard InChI is InChI=1S/C13H14F2N2S/c1-8(2)16-6-12-7-17-13(18-12)9-3-10(14)5-11(15)4-9/h3-5,7-8,16H,6H2,1-2H3. The lowest BCUT2D eigenvalue weighted by Gasteiger charge is -2.04. The fourth-order valence-corrected chi connectivity index (χ4v) is 2.36. The fourth-order valence-electron chi connectivity index (χ4n) is 1.50. The van der Waals surface area contributed by atoms with Gasteiger partial charge in [-0.05, 0) is 12.1 Å². The van der Waals surface area contributed by atoms with Crippen molar-refractivity contribution in [2.45, 2.75) is 26.4 Å². The maximum Gasteiger partial charge on any atom is 0.126 e. The van der Waals surface area contributed by atoms with Crippen molar-refractivity contribution in [3.05, 3.63) is 40.9 Å². The number of nitrogens with zero attached hydrogens (tertiary/aromatic N) is 1. The quantitative estimate of drug-likeness (QED) is 0.916. The molecule has 1 aromatic carbocycles. The first-order valence-electron chi connectivity index (χ1n) is 5.69. The lowest BCUT2D eigenvalue weighted by molar-refractivity contribution is 0.584. The van der Waals surface area contributed by atoms with Gasteiger partial charge in [-0.3, -0.25) is 0 Å². The van der Waals surface area contributed by atoms with E-state index in [9.17, 15) is 8.78 Å². The van der Waals surface area contributed by atoms with E-state index in [-0.39, 0.29) is 0 Å². The van der Waals surface area contributed by atoms with Gasteiger partial charge in [-0.2, -0.15) is 0 Å². The van der Waals surface area contributed by atoms with Crippen molar-refractivity contribution in [3.8, 4) is 10.6 Å². The predicted molar refractivity (Wildman–Crippen MR) is 69.4 cm³/mol. The van der Waals surface area contributed by atoms with E-state index in [0.29, 0.717) is 23.2 Å². The lowest BCUT2D eigenvalue weighted by atomic mass is 10.2. The minimum absolute atomic E-state index is 0.391. The summed E-state index contributed by atoms with van der Waals surface area (Å²) in [6.45, 7) is 4.83. The van der Waals surface area contributed by atoms with Gasteiger partial charge >= 0.3 is 0 Å². The van der Waals surface area contributed by atoms with Crippen molar-refractivity contribution in [1.29, 1.82) is 0 Å². The van der Waals surface area contributed by atoms with E-state index in [4.69, 9.17) is 0 Å². The smallest absolute Gasteiger partial charge is 0.126 e. The fraction of sp³-hybridized carbons (Fsp3) is 0.308. The molecule has 18 heavy (non-hydrogen) atoms. The van der Waals surface area contributed by atoms with Crippen LogP contribution >= 0.6 is 11.3 Å². The number of hydrogen-bond acceptors (Lipinski definition) is 3. The Labute approximate surface area is 109 Å². The number of aromatic nitrogens is 1. The first-order chi connectivity index (χ1) is 8.54. The molecule has 0 spiro atoms. The van der Waals surface area contributed by atoms with Gasteiger partial charge in [0.15, 0.2) is 0 Å². The van der Waals surface area contributed by atoms with Crippen LogP contribution in [0.4, 0.5) is 8.78 Å². The molecule has 0 aliphatic heterocycles. The van der Waals surface area contributed by atoms with E-state index in [0.717, 1.165) is 10.9 Å². The third-order valence-electron chi connectivity index (χ3n) is 2.35. The van der Waals surface area contributed by atoms with Crippen molar-refractivity contribution in [2.75, 3.05) is 0 Å². The van der Waals surface area contributed by atoms with Crippen molar-refractivity contribution < 1.29 is 8.78 Å². The topological polar surface area (TPSA) is 24.9 Å². The summed E-state index contributed by atoms with van der Waals surface area (Å²) in [4.78, 5) is 5.24. The molecule has 96 valence electrons. The highest BCUT2D eigenvalue weighted by Crippen LogP contribution is 2.26. The van der Waals surface area contributed by atoms with Crippen LogP contribution in [0.1, 0.15) is 18.7 Å². The van der Waals surface area contributed by atoms with Gasteiger partial charge in [0.05, 0.1) is 0 Å². The van der Waals surface area contributed by atoms with Gasteiger partial charge in [0.1, 0.15) is 16.6 Å². The maximum absolute atomic E-state index is 13.1. The molecule has 1 heterocycles. The largest absolute Gasteiger partial charge is 0.310 e. The Balaban J connectivity index is 2.18. The van der Waals surface area contributed by atoms with E-state index >= 15 is 0 Å². The Morgan fingerprint density at radius 1 is 1.22 bits per heavy atom. The Morgan fingerprint density at radius 3 is 2.50 bits per heavy atom. The molecule has 0 atom stereocenters. The minimum Gasteiger partial charge on any atom is -0.310 e. The molecule has 0 radical (unpaired) electrons. The monoisotopic (exact) mass is 268 g/mol. The lowest BCUT2D eigenvalue weighted by Crippen LogP contribution is -2.21. The normalized spacial score (nSPS) is 11.2. The summed E-state index contributed by atoms with van der Waals surface area (Å²) in [7, 11) is 0. The Hall–Kier alpha value is -1.33. The molecule has 1 N–H and O–H groups in total. The van der Waals surface area contributed by atoms with Crippen LogP contribution in [0.15, 0.2) is 24.4 Å². The molecule has 0 aliphatic rings. The number of halogens is 2. The molecule has 0 unspecified atom stereocenters. The SMILES string of the molecule is CC(C)NCc1cnc(-c2cc(F)cc(F)c2)s1. The van der Waals surface area contributed by atoms with Crippen LogP contribution in [0.5, 0.6) is 0 Å². The van der Waals surface area contributed by atoms with Crippen molar-refractivity contribution in [1.82, 2.24) is 10.3 Å². The highest BCUT2D eigenvalue weighted by molar-refractivity contribution is 7.15. The van der Waals surface area contributed by atoms with E-state index in [1.165, 1.54) is 23.5 Å². The van der Waals surface area contributed by atoms with Crippen LogP contribution in [0, 0.1) is 11.6 Å². The summed E-state index contributed by atoms with van der Waals surface area (Å²) in [5.41, 5.74) is 0.480. The highest BCUT2D eigenvalue weighted by atomic mass is 32.1. The van der Waals surface area contributed by atoms with Crippen molar-refractivity contribution >= 4 is 11.3 Å². The third kappa shape index (κ3) is 3.34. The van der Waals surface area contributed by atoms with Crippen molar-refractivity contribution in [3.63, 3.8) is 0 Å². The molecule has 0 saturated heterocycles. The third-order valence-corrected chi connectivity index (χ3v) is 3.39. The van der Waals surface area contributed by atoms with Gasteiger partial charge in [0, 0.05) is 35.3 Å². The molecular formula is C13H14F2N2S. The number of benzene rings is 1. The summed E-state index contributed by atoms with van der Waals surface area (Å²) >= 11 is 1.44. The molecular weight excluding hydrogens is 254 g/mol. The zero-order valence-corrected chi connectivity index (χ0v) is 11.0. The van der Waals surface area contributed by atoms with Crippen LogP contribution < -0.4 is 5.32 Å². The van der Waals surface area contributed by atoms with Crippen LogP contribution in [-0.4, -0.2) is 11.0 Å². The van der Waals surface area contributed by atoms with Gasteiger partial charge < -0.3 is 5.32 Å². The van der Waals surface area contributed by atoms with Gasteiger partial charge in [-0.1, -0.05) is 13.8 Å². The molecule has 0 amide bonds. The summed E-state index contributed by atoms with van der Waals surface area (Å²) < 4.78 is 26.2. The van der Waals surface area contributed by atoms with Crippen LogP contribution in [0.25, 0.3) is 10.6 Å². The Kier molecular flexibility index (Phi) is 4.04.